The highest BCUT2D eigenvalue weighted by atomic mass is 16.5. The summed E-state index contributed by atoms with van der Waals surface area (Å²) in [6.07, 6.45) is 2.48. The molecule has 2 atom stereocenters. The van der Waals surface area contributed by atoms with Gasteiger partial charge in [-0.05, 0) is 19.4 Å². The third-order valence-electron chi connectivity index (χ3n) is 2.50. The molecule has 1 saturated heterocycles. The van der Waals surface area contributed by atoms with Crippen LogP contribution in [0.15, 0.2) is 0 Å². The lowest BCUT2D eigenvalue weighted by atomic mass is 10.0. The maximum absolute atomic E-state index is 11.6. The van der Waals surface area contributed by atoms with Crippen molar-refractivity contribution in [2.24, 2.45) is 0 Å². The molecule has 0 spiro atoms. The van der Waals surface area contributed by atoms with E-state index >= 15 is 0 Å². The second kappa shape index (κ2) is 6.76. The summed E-state index contributed by atoms with van der Waals surface area (Å²) in [6.45, 7) is 1.40. The predicted molar refractivity (Wildman–Crippen MR) is 56.5 cm³/mol. The number of ether oxygens (including phenoxy) is 1. The van der Waals surface area contributed by atoms with Crippen LogP contribution in [-0.2, 0) is 9.53 Å². The van der Waals surface area contributed by atoms with E-state index in [0.29, 0.717) is 0 Å². The summed E-state index contributed by atoms with van der Waals surface area (Å²) < 4.78 is 4.76. The van der Waals surface area contributed by atoms with E-state index in [9.17, 15) is 9.90 Å². The molecule has 88 valence electrons. The van der Waals surface area contributed by atoms with Gasteiger partial charge >= 0.3 is 0 Å². The normalized spacial score (nSPS) is 23.5. The lowest BCUT2D eigenvalue weighted by molar-refractivity contribution is -0.124. The van der Waals surface area contributed by atoms with Gasteiger partial charge in [-0.3, -0.25) is 4.79 Å². The number of amides is 1. The number of hydrogen-bond acceptors (Lipinski definition) is 4. The first kappa shape index (κ1) is 12.4. The van der Waals surface area contributed by atoms with E-state index in [1.54, 1.807) is 0 Å². The minimum absolute atomic E-state index is 0.0233. The minimum atomic E-state index is -0.623. The van der Waals surface area contributed by atoms with Crippen molar-refractivity contribution in [2.45, 2.75) is 31.4 Å². The van der Waals surface area contributed by atoms with Crippen LogP contribution in [0.3, 0.4) is 0 Å². The predicted octanol–water partition coefficient (Wildman–Crippen LogP) is -0.748. The molecular formula is C10H20N2O3. The quantitative estimate of drug-likeness (QED) is 0.565. The van der Waals surface area contributed by atoms with E-state index in [0.717, 1.165) is 25.8 Å². The number of aliphatic hydroxyl groups is 1. The Morgan fingerprint density at radius 1 is 1.67 bits per heavy atom. The Balaban J connectivity index is 2.16. The summed E-state index contributed by atoms with van der Waals surface area (Å²) in [5.74, 6) is -0.0233. The van der Waals surface area contributed by atoms with Crippen LogP contribution < -0.4 is 10.6 Å². The largest absolute Gasteiger partial charge is 0.389 e. The van der Waals surface area contributed by atoms with Gasteiger partial charge in [-0.2, -0.15) is 0 Å². The summed E-state index contributed by atoms with van der Waals surface area (Å²) in [5.41, 5.74) is 0. The molecule has 1 aliphatic rings. The zero-order valence-electron chi connectivity index (χ0n) is 9.16. The lowest BCUT2D eigenvalue weighted by Gasteiger charge is -2.23. The van der Waals surface area contributed by atoms with Crippen LogP contribution in [-0.4, -0.2) is 50.0 Å². The van der Waals surface area contributed by atoms with Crippen LogP contribution in [0.5, 0.6) is 0 Å². The molecule has 0 aromatic carbocycles. The summed E-state index contributed by atoms with van der Waals surface area (Å²) in [5, 5.41) is 15.2. The van der Waals surface area contributed by atoms with E-state index in [-0.39, 0.29) is 25.1 Å². The van der Waals surface area contributed by atoms with Gasteiger partial charge in [-0.15, -0.1) is 0 Å². The number of hydrogen-bond donors (Lipinski definition) is 3. The molecule has 0 radical (unpaired) electrons. The van der Waals surface area contributed by atoms with Gasteiger partial charge in [0.1, 0.15) is 0 Å². The van der Waals surface area contributed by atoms with Crippen molar-refractivity contribution >= 4 is 5.91 Å². The molecule has 1 fully saturated rings. The van der Waals surface area contributed by atoms with Gasteiger partial charge in [0.2, 0.25) is 5.91 Å². The van der Waals surface area contributed by atoms with Crippen molar-refractivity contribution in [3.05, 3.63) is 0 Å². The molecule has 1 unspecified atom stereocenters. The van der Waals surface area contributed by atoms with Crippen molar-refractivity contribution in [1.82, 2.24) is 10.6 Å². The number of rotatable bonds is 5. The molecule has 3 N–H and O–H groups in total. The van der Waals surface area contributed by atoms with E-state index in [1.165, 1.54) is 7.11 Å². The van der Waals surface area contributed by atoms with Crippen LogP contribution in [0.4, 0.5) is 0 Å². The van der Waals surface area contributed by atoms with Gasteiger partial charge in [0.05, 0.1) is 18.8 Å². The highest BCUT2D eigenvalue weighted by molar-refractivity contribution is 5.81. The molecule has 0 aromatic heterocycles. The van der Waals surface area contributed by atoms with Crippen LogP contribution in [0.2, 0.25) is 0 Å². The monoisotopic (exact) mass is 216 g/mol. The molecule has 1 rings (SSSR count). The maximum Gasteiger partial charge on any atom is 0.237 e. The Labute approximate surface area is 90.2 Å². The number of carbonyl (C=O) groups is 1. The lowest BCUT2D eigenvalue weighted by Crippen LogP contribution is -2.48. The second-order valence-electron chi connectivity index (χ2n) is 3.86. The molecule has 0 bridgehead atoms. The van der Waals surface area contributed by atoms with E-state index in [4.69, 9.17) is 4.74 Å². The topological polar surface area (TPSA) is 70.6 Å². The standard InChI is InChI=1S/C10H20N2O3/c1-15-7-8(13)6-12-10(14)9-4-2-3-5-11-9/h8-9,11,13H,2-7H2,1H3,(H,12,14)/t8?,9-/m0/s1. The fraction of sp³-hybridized carbons (Fsp3) is 0.900. The molecule has 1 amide bonds. The first-order valence-electron chi connectivity index (χ1n) is 5.42. The van der Waals surface area contributed by atoms with E-state index < -0.39 is 6.10 Å². The molecule has 1 heterocycles. The first-order chi connectivity index (χ1) is 7.24. The molecule has 15 heavy (non-hydrogen) atoms. The van der Waals surface area contributed by atoms with Gasteiger partial charge in [0.15, 0.2) is 0 Å². The highest BCUT2D eigenvalue weighted by Gasteiger charge is 2.20. The first-order valence-corrected chi connectivity index (χ1v) is 5.42. The number of carbonyl (C=O) groups excluding carboxylic acids is 1. The van der Waals surface area contributed by atoms with Crippen molar-refractivity contribution < 1.29 is 14.6 Å². The Morgan fingerprint density at radius 2 is 2.47 bits per heavy atom. The number of aliphatic hydroxyl groups excluding tert-OH is 1. The number of methoxy groups -OCH3 is 1. The zero-order chi connectivity index (χ0) is 11.1. The average Bonchev–Trinajstić information content (AvgIpc) is 2.27. The molecule has 0 aliphatic carbocycles. The summed E-state index contributed by atoms with van der Waals surface area (Å²) in [4.78, 5) is 11.6. The van der Waals surface area contributed by atoms with Gasteiger partial charge < -0.3 is 20.5 Å². The Kier molecular flexibility index (Phi) is 5.60. The summed E-state index contributed by atoms with van der Waals surface area (Å²) in [7, 11) is 1.52. The minimum Gasteiger partial charge on any atom is -0.389 e. The SMILES string of the molecule is COCC(O)CNC(=O)[C@@H]1CCCCN1. The average molecular weight is 216 g/mol. The third-order valence-corrected chi connectivity index (χ3v) is 2.50. The molecular weight excluding hydrogens is 196 g/mol. The van der Waals surface area contributed by atoms with Crippen molar-refractivity contribution in [2.75, 3.05) is 26.8 Å². The Hall–Kier alpha value is -0.650. The molecule has 5 heteroatoms. The second-order valence-corrected chi connectivity index (χ2v) is 3.86. The van der Waals surface area contributed by atoms with Gasteiger partial charge in [-0.25, -0.2) is 0 Å². The van der Waals surface area contributed by atoms with Crippen molar-refractivity contribution in [3.8, 4) is 0 Å². The van der Waals surface area contributed by atoms with Crippen LogP contribution >= 0.6 is 0 Å². The maximum atomic E-state index is 11.6. The number of piperidine rings is 1. The third kappa shape index (κ3) is 4.59. The Bertz CT molecular complexity index is 193. The molecule has 1 aliphatic heterocycles. The van der Waals surface area contributed by atoms with Crippen molar-refractivity contribution in [1.29, 1.82) is 0 Å². The smallest absolute Gasteiger partial charge is 0.237 e. The van der Waals surface area contributed by atoms with Crippen LogP contribution in [0.25, 0.3) is 0 Å². The van der Waals surface area contributed by atoms with Crippen LogP contribution in [0.1, 0.15) is 19.3 Å². The van der Waals surface area contributed by atoms with E-state index in [1.807, 2.05) is 0 Å². The van der Waals surface area contributed by atoms with Crippen molar-refractivity contribution in [3.63, 3.8) is 0 Å². The summed E-state index contributed by atoms with van der Waals surface area (Å²) in [6, 6.07) is -0.0894. The molecule has 0 aromatic rings. The zero-order valence-corrected chi connectivity index (χ0v) is 9.16. The molecule has 5 nitrogen and oxygen atoms in total. The fourth-order valence-electron chi connectivity index (χ4n) is 1.67. The van der Waals surface area contributed by atoms with Gasteiger partial charge in [0, 0.05) is 13.7 Å². The highest BCUT2D eigenvalue weighted by Crippen LogP contribution is 2.06. The molecule has 0 saturated carbocycles. The van der Waals surface area contributed by atoms with Crippen LogP contribution in [0, 0.1) is 0 Å². The van der Waals surface area contributed by atoms with E-state index in [2.05, 4.69) is 10.6 Å². The fourth-order valence-corrected chi connectivity index (χ4v) is 1.67. The van der Waals surface area contributed by atoms with Gasteiger partial charge in [0.25, 0.3) is 0 Å². The number of nitrogens with one attached hydrogen (secondary N) is 2. The van der Waals surface area contributed by atoms with Gasteiger partial charge in [-0.1, -0.05) is 6.42 Å². The Morgan fingerprint density at radius 3 is 3.07 bits per heavy atom. The summed E-state index contributed by atoms with van der Waals surface area (Å²) >= 11 is 0.